The first-order chi connectivity index (χ1) is 13.8. The van der Waals surface area contributed by atoms with Crippen LogP contribution in [0.15, 0.2) is 48.5 Å². The van der Waals surface area contributed by atoms with E-state index in [9.17, 15) is 4.79 Å². The summed E-state index contributed by atoms with van der Waals surface area (Å²) in [6.07, 6.45) is 4.98. The van der Waals surface area contributed by atoms with Gasteiger partial charge < -0.3 is 15.5 Å². The van der Waals surface area contributed by atoms with Gasteiger partial charge in [-0.2, -0.15) is 0 Å². The van der Waals surface area contributed by atoms with Crippen molar-refractivity contribution in [1.29, 1.82) is 0 Å². The molecule has 3 N–H and O–H groups in total. The molecule has 0 aliphatic heterocycles. The van der Waals surface area contributed by atoms with Gasteiger partial charge in [0.25, 0.3) is 5.91 Å². The first kappa shape index (κ1) is 23.2. The molecule has 0 saturated heterocycles. The molecule has 1 amide bonds. The number of unbranched alkanes of at least 4 members (excludes halogenated alkanes) is 1. The zero-order valence-electron chi connectivity index (χ0n) is 18.0. The lowest BCUT2D eigenvalue weighted by Gasteiger charge is -2.30. The van der Waals surface area contributed by atoms with Crippen LogP contribution in [0.1, 0.15) is 48.5 Å². The van der Waals surface area contributed by atoms with Crippen molar-refractivity contribution in [2.75, 3.05) is 32.9 Å². The number of hydrogen-bond acceptors (Lipinski definition) is 2. The molecule has 5 heteroatoms. The van der Waals surface area contributed by atoms with Gasteiger partial charge in [0.05, 0.1) is 27.2 Å². The number of carbonyl (C=O) groups is 1. The highest BCUT2D eigenvalue weighted by atomic mass is 35.5. The average molecular weight is 417 g/mol. The highest BCUT2D eigenvalue weighted by Gasteiger charge is 2.19. The molecule has 29 heavy (non-hydrogen) atoms. The topological polar surface area (TPSA) is 55.1 Å². The standard InChI is InChI=1S/C24H34ClN3O/c1-4-28(2,3)15-14-23(27-24(29)20-11-6-5-7-12-20)13-9-8-10-19-16-21(25)18-22(26)17-19/h5-7,11-12,16-18,23H,4,8-10,13-15,26H2,1-3H3/p+1. The van der Waals surface area contributed by atoms with Gasteiger partial charge in [-0.3, -0.25) is 4.79 Å². The summed E-state index contributed by atoms with van der Waals surface area (Å²) in [7, 11) is 4.47. The number of amides is 1. The van der Waals surface area contributed by atoms with Crippen molar-refractivity contribution in [3.63, 3.8) is 0 Å². The minimum Gasteiger partial charge on any atom is -0.399 e. The van der Waals surface area contributed by atoms with Gasteiger partial charge in [0.1, 0.15) is 0 Å². The molecule has 2 aromatic carbocycles. The molecule has 0 spiro atoms. The van der Waals surface area contributed by atoms with Crippen LogP contribution in [0, 0.1) is 0 Å². The van der Waals surface area contributed by atoms with Crippen LogP contribution in [-0.2, 0) is 6.42 Å². The van der Waals surface area contributed by atoms with Gasteiger partial charge in [-0.1, -0.05) is 36.2 Å². The van der Waals surface area contributed by atoms with Crippen molar-refractivity contribution in [2.45, 2.75) is 45.1 Å². The normalized spacial score (nSPS) is 12.6. The Bertz CT molecular complexity index is 757. The lowest BCUT2D eigenvalue weighted by molar-refractivity contribution is -0.888. The van der Waals surface area contributed by atoms with Crippen molar-refractivity contribution in [1.82, 2.24) is 5.32 Å². The lowest BCUT2D eigenvalue weighted by atomic mass is 10.0. The Kier molecular flexibility index (Phi) is 8.99. The molecule has 2 aromatic rings. The van der Waals surface area contributed by atoms with Gasteiger partial charge >= 0.3 is 0 Å². The Morgan fingerprint density at radius 3 is 2.48 bits per heavy atom. The number of benzene rings is 2. The molecular formula is C24H35ClN3O+. The fraction of sp³-hybridized carbons (Fsp3) is 0.458. The quantitative estimate of drug-likeness (QED) is 0.310. The van der Waals surface area contributed by atoms with Gasteiger partial charge in [0.2, 0.25) is 0 Å². The molecule has 1 unspecified atom stereocenters. The average Bonchev–Trinajstić information content (AvgIpc) is 2.69. The van der Waals surface area contributed by atoms with E-state index < -0.39 is 0 Å². The predicted octanol–water partition coefficient (Wildman–Crippen LogP) is 4.92. The molecule has 0 heterocycles. The van der Waals surface area contributed by atoms with Gasteiger partial charge in [0.15, 0.2) is 0 Å². The number of nitrogens with one attached hydrogen (secondary N) is 1. The number of nitrogens with zero attached hydrogens (tertiary/aromatic N) is 1. The first-order valence-electron chi connectivity index (χ1n) is 10.5. The van der Waals surface area contributed by atoms with Crippen LogP contribution in [0.2, 0.25) is 5.02 Å². The Hall–Kier alpha value is -2.04. The van der Waals surface area contributed by atoms with Crippen LogP contribution in [-0.4, -0.2) is 43.6 Å². The molecule has 0 aliphatic rings. The summed E-state index contributed by atoms with van der Waals surface area (Å²) in [5.74, 6) is 0.0139. The Morgan fingerprint density at radius 1 is 1.10 bits per heavy atom. The van der Waals surface area contributed by atoms with E-state index in [0.717, 1.165) is 55.2 Å². The van der Waals surface area contributed by atoms with Crippen molar-refractivity contribution in [3.05, 3.63) is 64.7 Å². The number of nitrogen functional groups attached to an aromatic ring is 1. The third-order valence-electron chi connectivity index (χ3n) is 5.56. The third-order valence-corrected chi connectivity index (χ3v) is 5.78. The second-order valence-electron chi connectivity index (χ2n) is 8.44. The van der Waals surface area contributed by atoms with Gasteiger partial charge in [-0.25, -0.2) is 0 Å². The van der Waals surface area contributed by atoms with E-state index in [0.29, 0.717) is 10.7 Å². The minimum absolute atomic E-state index is 0.0139. The minimum atomic E-state index is 0.0139. The fourth-order valence-corrected chi connectivity index (χ4v) is 3.62. The molecule has 0 fully saturated rings. The van der Waals surface area contributed by atoms with Crippen LogP contribution in [0.5, 0.6) is 0 Å². The monoisotopic (exact) mass is 416 g/mol. The maximum Gasteiger partial charge on any atom is 0.251 e. The number of carbonyl (C=O) groups excluding carboxylic acids is 1. The van der Waals surface area contributed by atoms with E-state index in [2.05, 4.69) is 26.3 Å². The number of anilines is 1. The second kappa shape index (κ2) is 11.2. The molecule has 0 radical (unpaired) electrons. The summed E-state index contributed by atoms with van der Waals surface area (Å²) < 4.78 is 0.958. The fourth-order valence-electron chi connectivity index (χ4n) is 3.35. The Morgan fingerprint density at radius 2 is 1.83 bits per heavy atom. The molecule has 0 saturated carbocycles. The van der Waals surface area contributed by atoms with Crippen molar-refractivity contribution < 1.29 is 9.28 Å². The largest absolute Gasteiger partial charge is 0.399 e. The molecule has 158 valence electrons. The van der Waals surface area contributed by atoms with Crippen LogP contribution in [0.3, 0.4) is 0 Å². The second-order valence-corrected chi connectivity index (χ2v) is 8.88. The Balaban J connectivity index is 1.90. The van der Waals surface area contributed by atoms with Crippen LogP contribution >= 0.6 is 11.6 Å². The van der Waals surface area contributed by atoms with E-state index in [1.807, 2.05) is 42.5 Å². The molecule has 1 atom stereocenters. The number of halogens is 1. The van der Waals surface area contributed by atoms with Crippen molar-refractivity contribution in [3.8, 4) is 0 Å². The molecular weight excluding hydrogens is 382 g/mol. The van der Waals surface area contributed by atoms with Crippen LogP contribution in [0.4, 0.5) is 5.69 Å². The third kappa shape index (κ3) is 8.46. The molecule has 4 nitrogen and oxygen atoms in total. The Labute approximate surface area is 180 Å². The van der Waals surface area contributed by atoms with Gasteiger partial charge in [-0.05, 0) is 62.1 Å². The molecule has 2 rings (SSSR count). The lowest BCUT2D eigenvalue weighted by Crippen LogP contribution is -2.44. The van der Waals surface area contributed by atoms with E-state index in [4.69, 9.17) is 17.3 Å². The summed E-state index contributed by atoms with van der Waals surface area (Å²) >= 11 is 6.10. The van der Waals surface area contributed by atoms with Gasteiger partial charge in [-0.15, -0.1) is 0 Å². The highest BCUT2D eigenvalue weighted by Crippen LogP contribution is 2.19. The summed E-state index contributed by atoms with van der Waals surface area (Å²) in [6, 6.07) is 15.4. The smallest absolute Gasteiger partial charge is 0.251 e. The maximum absolute atomic E-state index is 12.6. The van der Waals surface area contributed by atoms with E-state index in [1.165, 1.54) is 5.56 Å². The van der Waals surface area contributed by atoms with Crippen LogP contribution < -0.4 is 11.1 Å². The van der Waals surface area contributed by atoms with Crippen LogP contribution in [0.25, 0.3) is 0 Å². The van der Waals surface area contributed by atoms with E-state index in [-0.39, 0.29) is 11.9 Å². The summed E-state index contributed by atoms with van der Waals surface area (Å²) in [5, 5.41) is 3.94. The highest BCUT2D eigenvalue weighted by molar-refractivity contribution is 6.30. The number of aryl methyl sites for hydroxylation is 1. The number of nitrogens with two attached hydrogens (primary N) is 1. The van der Waals surface area contributed by atoms with E-state index in [1.54, 1.807) is 6.07 Å². The number of quaternary nitrogens is 1. The van der Waals surface area contributed by atoms with Crippen molar-refractivity contribution >= 4 is 23.2 Å². The van der Waals surface area contributed by atoms with E-state index >= 15 is 0 Å². The maximum atomic E-state index is 12.6. The number of rotatable bonds is 11. The predicted molar refractivity (Wildman–Crippen MR) is 123 cm³/mol. The summed E-state index contributed by atoms with van der Waals surface area (Å²) in [4.78, 5) is 12.6. The van der Waals surface area contributed by atoms with Crippen molar-refractivity contribution in [2.24, 2.45) is 0 Å². The molecule has 0 bridgehead atoms. The molecule has 0 aromatic heterocycles. The summed E-state index contributed by atoms with van der Waals surface area (Å²) in [5.41, 5.74) is 8.48. The zero-order valence-corrected chi connectivity index (χ0v) is 18.7. The number of hydrogen-bond donors (Lipinski definition) is 2. The SMILES string of the molecule is CC[N+](C)(C)CCC(CCCCc1cc(N)cc(Cl)c1)NC(=O)c1ccccc1. The molecule has 0 aliphatic carbocycles. The first-order valence-corrected chi connectivity index (χ1v) is 10.9. The summed E-state index contributed by atoms with van der Waals surface area (Å²) in [6.45, 7) is 4.32. The van der Waals surface area contributed by atoms with Gasteiger partial charge in [0, 0.05) is 28.7 Å². The zero-order chi connectivity index (χ0) is 21.3.